The number of rotatable bonds is 1. The van der Waals surface area contributed by atoms with Gasteiger partial charge in [0.1, 0.15) is 6.04 Å². The number of thioether (sulfide) groups is 1. The van der Waals surface area contributed by atoms with E-state index in [0.29, 0.717) is 0 Å². The molecule has 0 radical (unpaired) electrons. The van der Waals surface area contributed by atoms with Crippen LogP contribution in [0.15, 0.2) is 0 Å². The summed E-state index contributed by atoms with van der Waals surface area (Å²) >= 11 is 2.19. The van der Waals surface area contributed by atoms with E-state index in [-0.39, 0.29) is 0 Å². The van der Waals surface area contributed by atoms with E-state index >= 15 is 0 Å². The Balaban J connectivity index is 1.69. The lowest BCUT2D eigenvalue weighted by molar-refractivity contribution is -0.530. The van der Waals surface area contributed by atoms with Crippen LogP contribution in [0, 0.1) is 17.2 Å². The van der Waals surface area contributed by atoms with Gasteiger partial charge in [0.2, 0.25) is 0 Å². The summed E-state index contributed by atoms with van der Waals surface area (Å²) in [6.07, 6.45) is 11.4. The fourth-order valence-corrected chi connectivity index (χ4v) is 5.66. The average Bonchev–Trinajstić information content (AvgIpc) is 2.68. The van der Waals surface area contributed by atoms with Gasteiger partial charge in [-0.25, -0.2) is 0 Å². The summed E-state index contributed by atoms with van der Waals surface area (Å²) < 4.78 is 2.43. The Bertz CT molecular complexity index is 301. The molecule has 1 nitrogen and oxygen atoms in total. The molecular weight excluding hydrogens is 226 g/mol. The third kappa shape index (κ3) is 2.25. The predicted octanol–water partition coefficient (Wildman–Crippen LogP) is 4.07. The quantitative estimate of drug-likeness (QED) is 0.501. The molecule has 0 amide bonds. The van der Waals surface area contributed by atoms with Gasteiger partial charge in [-0.3, -0.25) is 0 Å². The number of hydrogen-bond donors (Lipinski definition) is 0. The van der Waals surface area contributed by atoms with Crippen LogP contribution in [0.3, 0.4) is 0 Å². The Kier molecular flexibility index (Phi) is 3.43. The molecule has 4 unspecified atom stereocenters. The highest BCUT2D eigenvalue weighted by atomic mass is 32.2. The summed E-state index contributed by atoms with van der Waals surface area (Å²) in [7, 11) is 0. The van der Waals surface area contributed by atoms with E-state index in [4.69, 9.17) is 0 Å². The maximum atomic E-state index is 4.38. The summed E-state index contributed by atoms with van der Waals surface area (Å²) in [5.41, 5.74) is 0. The number of fused-ring (bicyclic) bond motifs is 1. The zero-order chi connectivity index (χ0) is 11.8. The summed E-state index contributed by atoms with van der Waals surface area (Å²) in [6, 6.07) is 0.765. The molecule has 1 aliphatic heterocycles. The third-order valence-corrected chi connectivity index (χ3v) is 6.57. The fraction of sp³-hybridized carbons (Fsp3) is 0.867. The van der Waals surface area contributed by atoms with Gasteiger partial charge in [-0.2, -0.15) is 11.8 Å². The standard InChI is InChI=1S/C15H25NS/c1-11-6-5-7-12(10-11)15-16(2)13-8-3-4-9-14(13)17-15/h11-14H,2-10H2,1H3. The normalized spacial score (nSPS) is 42.6. The fourth-order valence-electron chi connectivity index (χ4n) is 3.95. The second kappa shape index (κ2) is 4.87. The first-order chi connectivity index (χ1) is 8.25. The average molecular weight is 251 g/mol. The molecule has 0 spiro atoms. The van der Waals surface area contributed by atoms with Gasteiger partial charge in [-0.05, 0) is 31.4 Å². The van der Waals surface area contributed by atoms with Gasteiger partial charge < -0.3 is 4.58 Å². The van der Waals surface area contributed by atoms with Crippen molar-refractivity contribution in [2.45, 2.75) is 69.6 Å². The van der Waals surface area contributed by atoms with Crippen LogP contribution in [0.2, 0.25) is 0 Å². The van der Waals surface area contributed by atoms with Gasteiger partial charge in [0, 0.05) is 6.42 Å². The molecule has 3 aliphatic rings. The van der Waals surface area contributed by atoms with Crippen LogP contribution in [0.5, 0.6) is 0 Å². The van der Waals surface area contributed by atoms with Crippen LogP contribution in [0.25, 0.3) is 0 Å². The maximum Gasteiger partial charge on any atom is 0.137 e. The second-order valence-electron chi connectivity index (χ2n) is 6.28. The molecule has 0 aromatic rings. The van der Waals surface area contributed by atoms with Crippen molar-refractivity contribution in [2.75, 3.05) is 0 Å². The van der Waals surface area contributed by atoms with E-state index in [1.807, 2.05) is 0 Å². The summed E-state index contributed by atoms with van der Waals surface area (Å²) in [6.45, 7) is 6.80. The Morgan fingerprint density at radius 1 is 1.12 bits per heavy atom. The summed E-state index contributed by atoms with van der Waals surface area (Å²) in [5.74, 6) is 1.77. The molecule has 3 fully saturated rings. The molecule has 0 N–H and O–H groups in total. The van der Waals surface area contributed by atoms with Crippen LogP contribution in [-0.2, 0) is 0 Å². The topological polar surface area (TPSA) is 3.01 Å². The van der Waals surface area contributed by atoms with Crippen molar-refractivity contribution in [3.8, 4) is 0 Å². The van der Waals surface area contributed by atoms with Crippen molar-refractivity contribution < 1.29 is 4.58 Å². The second-order valence-corrected chi connectivity index (χ2v) is 7.54. The van der Waals surface area contributed by atoms with E-state index in [2.05, 4.69) is 30.0 Å². The third-order valence-electron chi connectivity index (χ3n) is 4.91. The van der Waals surface area contributed by atoms with Crippen LogP contribution < -0.4 is 0 Å². The lowest BCUT2D eigenvalue weighted by Crippen LogP contribution is -2.32. The molecule has 96 valence electrons. The molecule has 17 heavy (non-hydrogen) atoms. The Hall–Kier alpha value is -0.110. The lowest BCUT2D eigenvalue weighted by atomic mass is 9.82. The molecular formula is C15H25NS. The van der Waals surface area contributed by atoms with Crippen molar-refractivity contribution in [3.05, 3.63) is 5.37 Å². The molecule has 2 saturated carbocycles. The summed E-state index contributed by atoms with van der Waals surface area (Å²) in [5, 5.41) is 2.52. The van der Waals surface area contributed by atoms with Gasteiger partial charge in [0.25, 0.3) is 0 Å². The predicted molar refractivity (Wildman–Crippen MR) is 75.4 cm³/mol. The van der Waals surface area contributed by atoms with Gasteiger partial charge in [-0.1, -0.05) is 39.0 Å². The molecule has 1 saturated heterocycles. The molecule has 2 aliphatic carbocycles. The molecule has 0 aromatic heterocycles. The van der Waals surface area contributed by atoms with Crippen molar-refractivity contribution >= 4 is 18.5 Å². The van der Waals surface area contributed by atoms with E-state index in [1.54, 1.807) is 5.37 Å². The minimum absolute atomic E-state index is 0.765. The largest absolute Gasteiger partial charge is 0.357 e. The highest BCUT2D eigenvalue weighted by Crippen LogP contribution is 2.51. The van der Waals surface area contributed by atoms with Crippen LogP contribution >= 0.6 is 11.8 Å². The monoisotopic (exact) mass is 251 g/mol. The highest BCUT2D eigenvalue weighted by Gasteiger charge is 2.43. The van der Waals surface area contributed by atoms with Crippen molar-refractivity contribution in [3.63, 3.8) is 0 Å². The molecule has 2 heteroatoms. The van der Waals surface area contributed by atoms with E-state index in [9.17, 15) is 0 Å². The SMILES string of the molecule is C=[N+]1[C-](C2CCCC(C)C2)SC2CCCCC21. The van der Waals surface area contributed by atoms with Crippen molar-refractivity contribution in [1.29, 1.82) is 0 Å². The van der Waals surface area contributed by atoms with E-state index < -0.39 is 0 Å². The zero-order valence-corrected chi connectivity index (χ0v) is 11.8. The smallest absolute Gasteiger partial charge is 0.137 e. The first-order valence-corrected chi connectivity index (χ1v) is 8.27. The van der Waals surface area contributed by atoms with Gasteiger partial charge in [0.05, 0.1) is 10.6 Å². The van der Waals surface area contributed by atoms with Crippen LogP contribution in [-0.4, -0.2) is 22.6 Å². The molecule has 4 atom stereocenters. The van der Waals surface area contributed by atoms with Gasteiger partial charge in [-0.15, -0.1) is 0 Å². The minimum Gasteiger partial charge on any atom is -0.357 e. The molecule has 0 aromatic carbocycles. The zero-order valence-electron chi connectivity index (χ0n) is 11.0. The summed E-state index contributed by atoms with van der Waals surface area (Å²) in [4.78, 5) is 0. The number of nitrogens with zero attached hydrogens (tertiary/aromatic N) is 1. The Morgan fingerprint density at radius 3 is 2.71 bits per heavy atom. The van der Waals surface area contributed by atoms with Gasteiger partial charge >= 0.3 is 0 Å². The molecule has 3 rings (SSSR count). The van der Waals surface area contributed by atoms with Crippen molar-refractivity contribution in [2.24, 2.45) is 11.8 Å². The highest BCUT2D eigenvalue weighted by molar-refractivity contribution is 8.02. The van der Waals surface area contributed by atoms with E-state index in [0.717, 1.165) is 23.1 Å². The minimum atomic E-state index is 0.765. The van der Waals surface area contributed by atoms with Crippen LogP contribution in [0.4, 0.5) is 0 Å². The first-order valence-electron chi connectivity index (χ1n) is 7.39. The molecule has 1 heterocycles. The van der Waals surface area contributed by atoms with E-state index in [1.165, 1.54) is 51.4 Å². The molecule has 0 bridgehead atoms. The maximum absolute atomic E-state index is 4.38. The number of hydrogen-bond acceptors (Lipinski definition) is 1. The lowest BCUT2D eigenvalue weighted by Gasteiger charge is -2.33. The van der Waals surface area contributed by atoms with Crippen molar-refractivity contribution in [1.82, 2.24) is 0 Å². The Labute approximate surface area is 110 Å². The Morgan fingerprint density at radius 2 is 1.94 bits per heavy atom. The van der Waals surface area contributed by atoms with Gasteiger partial charge in [0.15, 0.2) is 0 Å². The van der Waals surface area contributed by atoms with Crippen LogP contribution in [0.1, 0.15) is 58.3 Å². The first kappa shape index (κ1) is 12.0.